The smallest absolute Gasteiger partial charge is 0.142 e. The third kappa shape index (κ3) is 3.42. The van der Waals surface area contributed by atoms with Gasteiger partial charge in [0.05, 0.1) is 0 Å². The first-order valence-electron chi connectivity index (χ1n) is 6.59. The summed E-state index contributed by atoms with van der Waals surface area (Å²) in [6.45, 7) is 3.70. The Morgan fingerprint density at radius 1 is 1.15 bits per heavy atom. The standard InChI is InChI=1S/C16H20N4/c1-12-6-3-4-7-13(12)10-20(2)11-14-8-5-9-19-15(14)16(17)18/h3-9H,10-11H2,1-2H3,(H3,17,18). The lowest BCUT2D eigenvalue weighted by molar-refractivity contribution is 0.318. The number of nitrogens with zero attached hydrogens (tertiary/aromatic N) is 2. The maximum absolute atomic E-state index is 7.57. The van der Waals surface area contributed by atoms with Crippen molar-refractivity contribution < 1.29 is 0 Å². The van der Waals surface area contributed by atoms with E-state index in [9.17, 15) is 0 Å². The molecule has 0 aliphatic heterocycles. The van der Waals surface area contributed by atoms with Gasteiger partial charge in [0.1, 0.15) is 11.5 Å². The molecule has 0 radical (unpaired) electrons. The van der Waals surface area contributed by atoms with E-state index < -0.39 is 0 Å². The molecule has 0 aliphatic carbocycles. The van der Waals surface area contributed by atoms with Crippen LogP contribution in [-0.4, -0.2) is 22.8 Å². The molecule has 0 atom stereocenters. The fourth-order valence-corrected chi connectivity index (χ4v) is 2.23. The SMILES string of the molecule is Cc1ccccc1CN(C)Cc1cccnc1C(=N)N. The zero-order valence-electron chi connectivity index (χ0n) is 11.9. The molecule has 3 N–H and O–H groups in total. The van der Waals surface area contributed by atoms with E-state index in [0.29, 0.717) is 5.69 Å². The zero-order valence-corrected chi connectivity index (χ0v) is 11.9. The summed E-state index contributed by atoms with van der Waals surface area (Å²) in [5.41, 5.74) is 9.72. The molecule has 1 heterocycles. The minimum atomic E-state index is 0.0184. The van der Waals surface area contributed by atoms with Crippen molar-refractivity contribution in [2.24, 2.45) is 5.73 Å². The van der Waals surface area contributed by atoms with Crippen LogP contribution in [-0.2, 0) is 13.1 Å². The number of aryl methyl sites for hydroxylation is 1. The maximum atomic E-state index is 7.57. The summed E-state index contributed by atoms with van der Waals surface area (Å²) in [5.74, 6) is 0.0184. The largest absolute Gasteiger partial charge is 0.382 e. The molecule has 0 aliphatic rings. The number of hydrogen-bond acceptors (Lipinski definition) is 3. The third-order valence-electron chi connectivity index (χ3n) is 3.29. The van der Waals surface area contributed by atoms with Crippen molar-refractivity contribution in [1.82, 2.24) is 9.88 Å². The lowest BCUT2D eigenvalue weighted by Gasteiger charge is -2.19. The Morgan fingerprint density at radius 2 is 1.80 bits per heavy atom. The van der Waals surface area contributed by atoms with Crippen molar-refractivity contribution in [2.75, 3.05) is 7.05 Å². The summed E-state index contributed by atoms with van der Waals surface area (Å²) < 4.78 is 0. The zero-order chi connectivity index (χ0) is 14.5. The van der Waals surface area contributed by atoms with E-state index >= 15 is 0 Å². The van der Waals surface area contributed by atoms with Gasteiger partial charge < -0.3 is 5.73 Å². The van der Waals surface area contributed by atoms with Crippen LogP contribution in [0, 0.1) is 12.3 Å². The van der Waals surface area contributed by atoms with Crippen LogP contribution in [0.15, 0.2) is 42.6 Å². The fourth-order valence-electron chi connectivity index (χ4n) is 2.23. The molecule has 4 heteroatoms. The van der Waals surface area contributed by atoms with Gasteiger partial charge in [-0.15, -0.1) is 0 Å². The highest BCUT2D eigenvalue weighted by Gasteiger charge is 2.09. The number of amidine groups is 1. The monoisotopic (exact) mass is 268 g/mol. The Kier molecular flexibility index (Phi) is 4.48. The highest BCUT2D eigenvalue weighted by atomic mass is 15.1. The molecule has 0 saturated carbocycles. The van der Waals surface area contributed by atoms with Crippen molar-refractivity contribution >= 4 is 5.84 Å². The number of rotatable bonds is 5. The molecule has 0 bridgehead atoms. The minimum absolute atomic E-state index is 0.0184. The second-order valence-electron chi connectivity index (χ2n) is 5.02. The molecular formula is C16H20N4. The Balaban J connectivity index is 2.11. The average Bonchev–Trinajstić information content (AvgIpc) is 2.41. The molecule has 4 nitrogen and oxygen atoms in total. The van der Waals surface area contributed by atoms with Crippen molar-refractivity contribution in [3.05, 3.63) is 65.0 Å². The van der Waals surface area contributed by atoms with Gasteiger partial charge in [0.2, 0.25) is 0 Å². The summed E-state index contributed by atoms with van der Waals surface area (Å²) in [5, 5.41) is 7.57. The van der Waals surface area contributed by atoms with E-state index in [1.807, 2.05) is 18.2 Å². The van der Waals surface area contributed by atoms with Crippen LogP contribution in [0.5, 0.6) is 0 Å². The fraction of sp³-hybridized carbons (Fsp3) is 0.250. The van der Waals surface area contributed by atoms with Gasteiger partial charge in [-0.2, -0.15) is 0 Å². The van der Waals surface area contributed by atoms with Crippen LogP contribution in [0.1, 0.15) is 22.4 Å². The Morgan fingerprint density at radius 3 is 2.50 bits per heavy atom. The summed E-state index contributed by atoms with van der Waals surface area (Å²) in [6, 6.07) is 12.2. The second-order valence-corrected chi connectivity index (χ2v) is 5.02. The highest BCUT2D eigenvalue weighted by Crippen LogP contribution is 2.13. The van der Waals surface area contributed by atoms with Gasteiger partial charge in [-0.05, 0) is 36.7 Å². The topological polar surface area (TPSA) is 66.0 Å². The molecule has 1 aromatic heterocycles. The summed E-state index contributed by atoms with van der Waals surface area (Å²) >= 11 is 0. The minimum Gasteiger partial charge on any atom is -0.382 e. The lowest BCUT2D eigenvalue weighted by Crippen LogP contribution is -2.22. The van der Waals surface area contributed by atoms with E-state index in [1.165, 1.54) is 11.1 Å². The van der Waals surface area contributed by atoms with Crippen LogP contribution < -0.4 is 5.73 Å². The van der Waals surface area contributed by atoms with Gasteiger partial charge in [-0.25, -0.2) is 0 Å². The number of nitrogens with one attached hydrogen (secondary N) is 1. The molecule has 2 aromatic rings. The number of benzene rings is 1. The van der Waals surface area contributed by atoms with Crippen LogP contribution in [0.3, 0.4) is 0 Å². The van der Waals surface area contributed by atoms with E-state index in [-0.39, 0.29) is 5.84 Å². The van der Waals surface area contributed by atoms with Crippen molar-refractivity contribution in [1.29, 1.82) is 5.41 Å². The van der Waals surface area contributed by atoms with Crippen molar-refractivity contribution in [3.63, 3.8) is 0 Å². The second kappa shape index (κ2) is 6.30. The van der Waals surface area contributed by atoms with Gasteiger partial charge in [0.25, 0.3) is 0 Å². The number of aromatic nitrogens is 1. The Labute approximate surface area is 119 Å². The molecular weight excluding hydrogens is 248 g/mol. The van der Waals surface area contributed by atoms with E-state index in [1.54, 1.807) is 6.20 Å². The van der Waals surface area contributed by atoms with Crippen molar-refractivity contribution in [2.45, 2.75) is 20.0 Å². The van der Waals surface area contributed by atoms with E-state index in [4.69, 9.17) is 11.1 Å². The molecule has 0 saturated heterocycles. The van der Waals surface area contributed by atoms with Crippen LogP contribution >= 0.6 is 0 Å². The Bertz CT molecular complexity index is 607. The van der Waals surface area contributed by atoms with E-state index in [0.717, 1.165) is 18.7 Å². The molecule has 104 valence electrons. The first kappa shape index (κ1) is 14.2. The molecule has 0 fully saturated rings. The van der Waals surface area contributed by atoms with Gasteiger partial charge in [0.15, 0.2) is 0 Å². The summed E-state index contributed by atoms with van der Waals surface area (Å²) in [6.07, 6.45) is 1.67. The maximum Gasteiger partial charge on any atom is 0.142 e. The molecule has 0 amide bonds. The highest BCUT2D eigenvalue weighted by molar-refractivity contribution is 5.94. The number of hydrogen-bond donors (Lipinski definition) is 2. The lowest BCUT2D eigenvalue weighted by atomic mass is 10.1. The first-order chi connectivity index (χ1) is 9.58. The quantitative estimate of drug-likeness (QED) is 0.646. The number of nitrogens with two attached hydrogens (primary N) is 1. The predicted octanol–water partition coefficient (Wildman–Crippen LogP) is 2.31. The first-order valence-corrected chi connectivity index (χ1v) is 6.59. The number of nitrogen functional groups attached to an aromatic ring is 1. The predicted molar refractivity (Wildman–Crippen MR) is 81.6 cm³/mol. The average molecular weight is 268 g/mol. The van der Waals surface area contributed by atoms with Crippen LogP contribution in [0.4, 0.5) is 0 Å². The molecule has 0 spiro atoms. The van der Waals surface area contributed by atoms with Crippen molar-refractivity contribution in [3.8, 4) is 0 Å². The third-order valence-corrected chi connectivity index (χ3v) is 3.29. The van der Waals surface area contributed by atoms with Crippen LogP contribution in [0.25, 0.3) is 0 Å². The van der Waals surface area contributed by atoms with Gasteiger partial charge in [-0.1, -0.05) is 30.3 Å². The van der Waals surface area contributed by atoms with Gasteiger partial charge >= 0.3 is 0 Å². The molecule has 0 unspecified atom stereocenters. The summed E-state index contributed by atoms with van der Waals surface area (Å²) in [4.78, 5) is 6.38. The number of pyridine rings is 1. The normalized spacial score (nSPS) is 10.8. The Hall–Kier alpha value is -2.20. The summed E-state index contributed by atoms with van der Waals surface area (Å²) in [7, 11) is 2.06. The molecule has 20 heavy (non-hydrogen) atoms. The molecule has 1 aromatic carbocycles. The van der Waals surface area contributed by atoms with Gasteiger partial charge in [-0.3, -0.25) is 15.3 Å². The van der Waals surface area contributed by atoms with E-state index in [2.05, 4.69) is 42.1 Å². The van der Waals surface area contributed by atoms with Gasteiger partial charge in [0, 0.05) is 19.3 Å². The molecule has 2 rings (SSSR count). The van der Waals surface area contributed by atoms with Crippen LogP contribution in [0.2, 0.25) is 0 Å².